The molecular weight excluding hydrogens is 479 g/mol. The molecule has 2 aliphatic rings. The number of rotatable bonds is 2. The molecule has 2 nitrogen and oxygen atoms in total. The fourth-order valence-corrected chi connectivity index (χ4v) is 4.05. The number of amides is 1. The number of carbonyl (C=O) groups is 1. The summed E-state index contributed by atoms with van der Waals surface area (Å²) in [7, 11) is 0. The van der Waals surface area contributed by atoms with E-state index in [0.29, 0.717) is 11.1 Å². The smallest absolute Gasteiger partial charge is 0.342 e. The number of hydrogen-bond donors (Lipinski definition) is 1. The molecule has 0 aromatic heterocycles. The molecule has 0 bridgehead atoms. The molecule has 1 amide bonds. The number of hydrogen-bond acceptors (Lipinski definition) is 1. The number of carbonyl (C=O) groups excluding carboxylic acids is 1. The summed E-state index contributed by atoms with van der Waals surface area (Å²) in [6.45, 7) is 0. The van der Waals surface area contributed by atoms with Gasteiger partial charge in [-0.25, -0.2) is 4.39 Å². The maximum atomic E-state index is 15.1. The second kappa shape index (κ2) is 6.38. The number of alkyl halides is 11. The zero-order valence-corrected chi connectivity index (χ0v) is 15.8. The van der Waals surface area contributed by atoms with E-state index in [1.807, 2.05) is 0 Å². The van der Waals surface area contributed by atoms with E-state index in [2.05, 4.69) is 0 Å². The number of benzene rings is 2. The largest absolute Gasteiger partial charge is 0.384 e. The van der Waals surface area contributed by atoms with Crippen molar-refractivity contribution in [3.05, 3.63) is 59.7 Å². The maximum Gasteiger partial charge on any atom is 0.384 e. The minimum atomic E-state index is -7.38. The molecular formula is C20H10F11NO. The third-order valence-electron chi connectivity index (χ3n) is 5.86. The van der Waals surface area contributed by atoms with E-state index in [-0.39, 0.29) is 11.1 Å². The van der Waals surface area contributed by atoms with Crippen molar-refractivity contribution >= 4 is 5.91 Å². The number of halogens is 11. The van der Waals surface area contributed by atoms with Crippen LogP contribution >= 0.6 is 0 Å². The molecule has 1 N–H and O–H groups in total. The van der Waals surface area contributed by atoms with Crippen LogP contribution in [-0.4, -0.2) is 41.2 Å². The van der Waals surface area contributed by atoms with E-state index in [1.165, 1.54) is 53.8 Å². The van der Waals surface area contributed by atoms with Gasteiger partial charge in [-0.05, 0) is 22.3 Å². The summed E-state index contributed by atoms with van der Waals surface area (Å²) in [6.07, 6.45) is 0. The molecule has 13 heteroatoms. The molecule has 1 fully saturated rings. The van der Waals surface area contributed by atoms with Gasteiger partial charge in [0, 0.05) is 0 Å². The summed E-state index contributed by atoms with van der Waals surface area (Å²) in [5.41, 5.74) is -6.07. The van der Waals surface area contributed by atoms with Gasteiger partial charge in [0.2, 0.25) is 0 Å². The van der Waals surface area contributed by atoms with Gasteiger partial charge in [0.25, 0.3) is 5.91 Å². The molecule has 0 radical (unpaired) electrons. The van der Waals surface area contributed by atoms with Crippen LogP contribution in [-0.2, 0) is 4.79 Å². The van der Waals surface area contributed by atoms with Gasteiger partial charge in [0.1, 0.15) is 0 Å². The van der Waals surface area contributed by atoms with Crippen LogP contribution in [0.4, 0.5) is 48.3 Å². The first kappa shape index (κ1) is 23.3. The lowest BCUT2D eigenvalue weighted by Gasteiger charge is -2.51. The third-order valence-corrected chi connectivity index (χ3v) is 5.86. The highest BCUT2D eigenvalue weighted by Crippen LogP contribution is 2.69. The van der Waals surface area contributed by atoms with Crippen molar-refractivity contribution < 1.29 is 53.1 Å². The lowest BCUT2D eigenvalue weighted by molar-refractivity contribution is -0.476. The van der Waals surface area contributed by atoms with Gasteiger partial charge < -0.3 is 5.32 Å². The average Bonchev–Trinajstić information content (AvgIpc) is 3.05. The van der Waals surface area contributed by atoms with Crippen LogP contribution in [0.15, 0.2) is 48.5 Å². The zero-order valence-electron chi connectivity index (χ0n) is 15.8. The summed E-state index contributed by atoms with van der Waals surface area (Å²) >= 11 is 0. The highest BCUT2D eigenvalue weighted by molar-refractivity contribution is 5.91. The van der Waals surface area contributed by atoms with Crippen molar-refractivity contribution in [2.24, 2.45) is 0 Å². The van der Waals surface area contributed by atoms with Gasteiger partial charge in [-0.3, -0.25) is 4.79 Å². The van der Waals surface area contributed by atoms with E-state index < -0.39 is 47.2 Å². The summed E-state index contributed by atoms with van der Waals surface area (Å²) in [5, 5.41) is 1.33. The van der Waals surface area contributed by atoms with Gasteiger partial charge in [0.05, 0.1) is 6.04 Å². The first-order valence-corrected chi connectivity index (χ1v) is 9.05. The second-order valence-electron chi connectivity index (χ2n) is 7.61. The molecule has 2 aromatic rings. The van der Waals surface area contributed by atoms with E-state index in [0.717, 1.165) is 0 Å². The van der Waals surface area contributed by atoms with Crippen molar-refractivity contribution in [1.29, 1.82) is 0 Å². The second-order valence-corrected chi connectivity index (χ2v) is 7.61. The first-order valence-electron chi connectivity index (χ1n) is 9.05. The number of nitrogens with one attached hydrogen (secondary N) is 1. The van der Waals surface area contributed by atoms with Crippen LogP contribution in [0, 0.1) is 0 Å². The Kier molecular flexibility index (Phi) is 4.51. The molecule has 2 aliphatic carbocycles. The molecule has 4 rings (SSSR count). The predicted octanol–water partition coefficient (Wildman–Crippen LogP) is 5.77. The summed E-state index contributed by atoms with van der Waals surface area (Å²) in [4.78, 5) is 12.4. The Hall–Kier alpha value is -2.86. The molecule has 0 spiro atoms. The average molecular weight is 489 g/mol. The van der Waals surface area contributed by atoms with Crippen LogP contribution in [0.2, 0.25) is 0 Å². The summed E-state index contributed by atoms with van der Waals surface area (Å²) in [6, 6.07) is 9.36. The lowest BCUT2D eigenvalue weighted by atomic mass is 9.71. The van der Waals surface area contributed by atoms with Crippen molar-refractivity contribution in [2.75, 3.05) is 0 Å². The predicted molar refractivity (Wildman–Crippen MR) is 90.4 cm³/mol. The van der Waals surface area contributed by atoms with Crippen LogP contribution in [0.3, 0.4) is 0 Å². The minimum absolute atomic E-state index is 0.0157. The fourth-order valence-electron chi connectivity index (χ4n) is 4.05. The van der Waals surface area contributed by atoms with Crippen LogP contribution in [0.1, 0.15) is 17.2 Å². The minimum Gasteiger partial charge on any atom is -0.342 e. The van der Waals surface area contributed by atoms with Crippen molar-refractivity contribution in [3.8, 4) is 11.1 Å². The molecule has 0 aliphatic heterocycles. The Balaban J connectivity index is 1.86. The normalized spacial score (nSPS) is 25.1. The van der Waals surface area contributed by atoms with Crippen LogP contribution < -0.4 is 5.32 Å². The van der Waals surface area contributed by atoms with E-state index in [4.69, 9.17) is 0 Å². The number of fused-ring (bicyclic) bond motifs is 3. The Morgan fingerprint density at radius 3 is 1.30 bits per heavy atom. The van der Waals surface area contributed by atoms with E-state index in [9.17, 15) is 48.7 Å². The Morgan fingerprint density at radius 2 is 0.909 bits per heavy atom. The van der Waals surface area contributed by atoms with E-state index >= 15 is 4.39 Å². The van der Waals surface area contributed by atoms with Crippen LogP contribution in [0.5, 0.6) is 0 Å². The third kappa shape index (κ3) is 2.37. The van der Waals surface area contributed by atoms with Crippen molar-refractivity contribution in [1.82, 2.24) is 5.32 Å². The Morgan fingerprint density at radius 1 is 0.576 bits per heavy atom. The molecule has 0 atom stereocenters. The van der Waals surface area contributed by atoms with Gasteiger partial charge in [-0.15, -0.1) is 0 Å². The molecule has 2 aromatic carbocycles. The fraction of sp³-hybridized carbons (Fsp3) is 0.350. The van der Waals surface area contributed by atoms with Gasteiger partial charge in [0.15, 0.2) is 0 Å². The van der Waals surface area contributed by atoms with Gasteiger partial charge in [-0.2, -0.15) is 43.9 Å². The Bertz CT molecular complexity index is 1070. The standard InChI is InChI=1S/C20H10F11NO/c21-15(16(22,23)18(26,27)20(30,31)19(28,29)17(15,24)25)14(33)32-13-11-7-3-1-5-9(11)10-6-2-4-8-12(10)13/h1-8,13H,(H,32,33). The molecule has 0 saturated heterocycles. The SMILES string of the molecule is O=C(NC1c2ccccc2-c2ccccc21)C1(F)C(F)(F)C(F)(F)C(F)(F)C(F)(F)C1(F)F. The first-order chi connectivity index (χ1) is 15.0. The van der Waals surface area contributed by atoms with E-state index in [1.54, 1.807) is 0 Å². The van der Waals surface area contributed by atoms with Crippen molar-refractivity contribution in [2.45, 2.75) is 41.3 Å². The van der Waals surface area contributed by atoms with Crippen LogP contribution in [0.25, 0.3) is 11.1 Å². The lowest BCUT2D eigenvalue weighted by Crippen LogP contribution is -2.86. The maximum absolute atomic E-state index is 15.1. The zero-order chi connectivity index (χ0) is 24.8. The monoisotopic (exact) mass is 489 g/mol. The summed E-state index contributed by atoms with van der Waals surface area (Å²) < 4.78 is 154. The quantitative estimate of drug-likeness (QED) is 0.534. The highest BCUT2D eigenvalue weighted by atomic mass is 19.4. The molecule has 33 heavy (non-hydrogen) atoms. The molecule has 0 unspecified atom stereocenters. The Labute approximate surface area is 177 Å². The molecule has 1 saturated carbocycles. The topological polar surface area (TPSA) is 29.1 Å². The molecule has 0 heterocycles. The van der Waals surface area contributed by atoms with Gasteiger partial charge in [-0.1, -0.05) is 48.5 Å². The van der Waals surface area contributed by atoms with Gasteiger partial charge >= 0.3 is 35.3 Å². The highest BCUT2D eigenvalue weighted by Gasteiger charge is 3.02. The summed E-state index contributed by atoms with van der Waals surface area (Å²) in [5.74, 6) is -39.8. The molecule has 178 valence electrons. The van der Waals surface area contributed by atoms with Crippen molar-refractivity contribution in [3.63, 3.8) is 0 Å².